The van der Waals surface area contributed by atoms with Gasteiger partial charge in [0.25, 0.3) is 0 Å². The minimum Gasteiger partial charge on any atom is -0.289 e. The average Bonchev–Trinajstić information content (AvgIpc) is 2.35. The monoisotopic (exact) mass is 291 g/mol. The molecular formula is C13H10BrNO2. The van der Waals surface area contributed by atoms with Gasteiger partial charge in [0.05, 0.1) is 5.69 Å². The van der Waals surface area contributed by atoms with Gasteiger partial charge in [0.1, 0.15) is 0 Å². The molecule has 0 radical (unpaired) electrons. The third-order valence-corrected chi connectivity index (χ3v) is 2.75. The third kappa shape index (κ3) is 2.93. The van der Waals surface area contributed by atoms with Crippen molar-refractivity contribution < 1.29 is 10.0 Å². The van der Waals surface area contributed by atoms with Crippen molar-refractivity contribution in [2.75, 3.05) is 5.06 Å². The normalized spacial score (nSPS) is 17.2. The topological polar surface area (TPSA) is 40.5 Å². The summed E-state index contributed by atoms with van der Waals surface area (Å²) in [5, 5.41) is 10.7. The van der Waals surface area contributed by atoms with Crippen molar-refractivity contribution in [3.63, 3.8) is 0 Å². The fourth-order valence-corrected chi connectivity index (χ4v) is 1.79. The average molecular weight is 292 g/mol. The summed E-state index contributed by atoms with van der Waals surface area (Å²) in [6.07, 6.45) is 6.18. The van der Waals surface area contributed by atoms with Crippen molar-refractivity contribution in [3.8, 4) is 0 Å². The van der Waals surface area contributed by atoms with E-state index in [0.717, 1.165) is 9.55 Å². The standard InChI is InChI=1S/C13H10BrNO2/c14-11-6-7-13(16)10(8-11)9-15(17)12-4-2-1-3-5-12/h1-9,17H/b10-9-. The first-order valence-corrected chi connectivity index (χ1v) is 5.81. The molecule has 4 heteroatoms. The molecule has 0 aliphatic heterocycles. The van der Waals surface area contributed by atoms with Crippen molar-refractivity contribution >= 4 is 27.4 Å². The lowest BCUT2D eigenvalue weighted by Crippen LogP contribution is -2.13. The molecule has 0 atom stereocenters. The molecule has 1 aliphatic rings. The highest BCUT2D eigenvalue weighted by molar-refractivity contribution is 9.11. The van der Waals surface area contributed by atoms with E-state index in [4.69, 9.17) is 0 Å². The Balaban J connectivity index is 2.26. The first-order chi connectivity index (χ1) is 8.16. The number of carbonyl (C=O) groups is 1. The molecule has 0 unspecified atom stereocenters. The summed E-state index contributed by atoms with van der Waals surface area (Å²) >= 11 is 3.28. The van der Waals surface area contributed by atoms with E-state index in [-0.39, 0.29) is 5.78 Å². The van der Waals surface area contributed by atoms with Gasteiger partial charge >= 0.3 is 0 Å². The minimum atomic E-state index is -0.136. The molecule has 17 heavy (non-hydrogen) atoms. The summed E-state index contributed by atoms with van der Waals surface area (Å²) < 4.78 is 0.796. The fourth-order valence-electron chi connectivity index (χ4n) is 1.41. The van der Waals surface area contributed by atoms with Crippen LogP contribution in [0, 0.1) is 0 Å². The largest absolute Gasteiger partial charge is 0.289 e. The predicted octanol–water partition coefficient (Wildman–Crippen LogP) is 3.18. The Bertz CT molecular complexity index is 517. The highest BCUT2D eigenvalue weighted by atomic mass is 79.9. The van der Waals surface area contributed by atoms with Crippen molar-refractivity contribution in [3.05, 3.63) is 64.8 Å². The summed E-state index contributed by atoms with van der Waals surface area (Å²) in [4.78, 5) is 11.5. The van der Waals surface area contributed by atoms with Crippen LogP contribution in [-0.2, 0) is 4.79 Å². The lowest BCUT2D eigenvalue weighted by atomic mass is 10.1. The lowest BCUT2D eigenvalue weighted by molar-refractivity contribution is -0.111. The number of benzene rings is 1. The van der Waals surface area contributed by atoms with Gasteiger partial charge in [-0.05, 0) is 30.4 Å². The number of para-hydroxylation sites is 1. The van der Waals surface area contributed by atoms with Crippen LogP contribution in [0.1, 0.15) is 0 Å². The van der Waals surface area contributed by atoms with Gasteiger partial charge in [-0.25, -0.2) is 5.06 Å². The second-order valence-electron chi connectivity index (χ2n) is 3.49. The number of hydroxylamine groups is 1. The molecule has 0 saturated heterocycles. The molecule has 2 rings (SSSR count). The summed E-state index contributed by atoms with van der Waals surface area (Å²) in [6, 6.07) is 8.98. The van der Waals surface area contributed by atoms with E-state index in [1.54, 1.807) is 24.3 Å². The van der Waals surface area contributed by atoms with Crippen LogP contribution in [0.15, 0.2) is 64.8 Å². The zero-order valence-corrected chi connectivity index (χ0v) is 10.5. The fraction of sp³-hybridized carbons (Fsp3) is 0. The summed E-state index contributed by atoms with van der Waals surface area (Å²) in [7, 11) is 0. The number of ketones is 1. The molecule has 1 N–H and O–H groups in total. The highest BCUT2D eigenvalue weighted by Gasteiger charge is 2.10. The van der Waals surface area contributed by atoms with Gasteiger partial charge in [0, 0.05) is 16.3 Å². The second kappa shape index (κ2) is 5.12. The van der Waals surface area contributed by atoms with Crippen LogP contribution in [0.2, 0.25) is 0 Å². The summed E-state index contributed by atoms with van der Waals surface area (Å²) in [5.74, 6) is -0.136. The zero-order valence-electron chi connectivity index (χ0n) is 8.88. The first-order valence-electron chi connectivity index (χ1n) is 5.01. The van der Waals surface area contributed by atoms with E-state index in [0.29, 0.717) is 11.3 Å². The molecule has 0 bridgehead atoms. The first kappa shape index (κ1) is 11.8. The Morgan fingerprint density at radius 2 is 1.88 bits per heavy atom. The molecule has 1 aromatic rings. The van der Waals surface area contributed by atoms with Crippen molar-refractivity contribution in [1.82, 2.24) is 0 Å². The van der Waals surface area contributed by atoms with Crippen LogP contribution in [0.3, 0.4) is 0 Å². The molecule has 1 aromatic carbocycles. The van der Waals surface area contributed by atoms with Crippen LogP contribution in [0.5, 0.6) is 0 Å². The Morgan fingerprint density at radius 3 is 2.59 bits per heavy atom. The Labute approximate surface area is 107 Å². The Kier molecular flexibility index (Phi) is 3.56. The molecule has 86 valence electrons. The van der Waals surface area contributed by atoms with Crippen molar-refractivity contribution in [2.45, 2.75) is 0 Å². The van der Waals surface area contributed by atoms with Crippen LogP contribution < -0.4 is 5.06 Å². The van der Waals surface area contributed by atoms with Gasteiger partial charge in [0.15, 0.2) is 5.78 Å². The number of halogens is 1. The minimum absolute atomic E-state index is 0.136. The van der Waals surface area contributed by atoms with E-state index in [9.17, 15) is 10.0 Å². The molecule has 0 saturated carbocycles. The van der Waals surface area contributed by atoms with Gasteiger partial charge in [-0.15, -0.1) is 0 Å². The Morgan fingerprint density at radius 1 is 1.18 bits per heavy atom. The number of rotatable bonds is 2. The smallest absolute Gasteiger partial charge is 0.187 e. The van der Waals surface area contributed by atoms with Gasteiger partial charge in [-0.1, -0.05) is 34.1 Å². The quantitative estimate of drug-likeness (QED) is 0.672. The maximum Gasteiger partial charge on any atom is 0.187 e. The second-order valence-corrected chi connectivity index (χ2v) is 4.41. The van der Waals surface area contributed by atoms with Crippen LogP contribution >= 0.6 is 15.9 Å². The number of allylic oxidation sites excluding steroid dienone is 5. The van der Waals surface area contributed by atoms with E-state index in [1.165, 1.54) is 12.3 Å². The number of nitrogens with zero attached hydrogens (tertiary/aromatic N) is 1. The highest BCUT2D eigenvalue weighted by Crippen LogP contribution is 2.19. The molecule has 0 spiro atoms. The van der Waals surface area contributed by atoms with Gasteiger partial charge in [-0.3, -0.25) is 10.0 Å². The number of hydrogen-bond acceptors (Lipinski definition) is 3. The number of anilines is 1. The van der Waals surface area contributed by atoms with Crippen molar-refractivity contribution in [1.29, 1.82) is 0 Å². The van der Waals surface area contributed by atoms with E-state index < -0.39 is 0 Å². The number of carbonyl (C=O) groups excluding carboxylic acids is 1. The maximum atomic E-state index is 11.5. The van der Waals surface area contributed by atoms with Crippen LogP contribution in [-0.4, -0.2) is 11.0 Å². The van der Waals surface area contributed by atoms with E-state index in [1.807, 2.05) is 18.2 Å². The molecule has 3 nitrogen and oxygen atoms in total. The Hall–Kier alpha value is -1.65. The maximum absolute atomic E-state index is 11.5. The van der Waals surface area contributed by atoms with Crippen LogP contribution in [0.25, 0.3) is 0 Å². The summed E-state index contributed by atoms with van der Waals surface area (Å²) in [6.45, 7) is 0. The van der Waals surface area contributed by atoms with Crippen LogP contribution in [0.4, 0.5) is 5.69 Å². The molecule has 0 amide bonds. The summed E-state index contributed by atoms with van der Waals surface area (Å²) in [5.41, 5.74) is 1.03. The molecule has 1 aliphatic carbocycles. The number of hydrogen-bond donors (Lipinski definition) is 1. The van der Waals surface area contributed by atoms with E-state index in [2.05, 4.69) is 15.9 Å². The van der Waals surface area contributed by atoms with Gasteiger partial charge < -0.3 is 0 Å². The van der Waals surface area contributed by atoms with Gasteiger partial charge in [0.2, 0.25) is 0 Å². The SMILES string of the molecule is O=C1C=CC(Br)=C/C1=C/N(O)c1ccccc1. The zero-order chi connectivity index (χ0) is 12.3. The molecule has 0 heterocycles. The lowest BCUT2D eigenvalue weighted by Gasteiger charge is -2.13. The molecule has 0 fully saturated rings. The van der Waals surface area contributed by atoms with Gasteiger partial charge in [-0.2, -0.15) is 0 Å². The molecule has 0 aromatic heterocycles. The molecular weight excluding hydrogens is 282 g/mol. The van der Waals surface area contributed by atoms with E-state index >= 15 is 0 Å². The third-order valence-electron chi connectivity index (χ3n) is 2.25. The van der Waals surface area contributed by atoms with Crippen molar-refractivity contribution in [2.24, 2.45) is 0 Å². The predicted molar refractivity (Wildman–Crippen MR) is 69.9 cm³/mol.